The molecule has 2 rings (SSSR count). The number of benzene rings is 1. The van der Waals surface area contributed by atoms with Crippen molar-refractivity contribution in [2.75, 3.05) is 26.7 Å². The summed E-state index contributed by atoms with van der Waals surface area (Å²) in [5.41, 5.74) is 1.48. The Morgan fingerprint density at radius 3 is 2.64 bits per heavy atom. The number of ether oxygens (including phenoxy) is 1. The Morgan fingerprint density at radius 1 is 1.40 bits per heavy atom. The molecule has 0 bridgehead atoms. The largest absolute Gasteiger partial charge is 0.469 e. The molecule has 1 aromatic carbocycles. The fraction of sp³-hybridized carbons (Fsp3) is 0.556. The highest BCUT2D eigenvalue weighted by Gasteiger charge is 2.26. The Hall–Kier alpha value is -1.38. The van der Waals surface area contributed by atoms with E-state index in [4.69, 9.17) is 4.74 Å². The van der Waals surface area contributed by atoms with E-state index in [1.165, 1.54) is 13.2 Å². The topological polar surface area (TPSA) is 53.9 Å². The summed E-state index contributed by atoms with van der Waals surface area (Å²) >= 11 is 0. The van der Waals surface area contributed by atoms with Crippen molar-refractivity contribution in [3.63, 3.8) is 0 Å². The summed E-state index contributed by atoms with van der Waals surface area (Å²) in [4.78, 5) is 18.4. The van der Waals surface area contributed by atoms with Gasteiger partial charge in [-0.3, -0.25) is 4.79 Å². The minimum Gasteiger partial charge on any atom is -0.469 e. The van der Waals surface area contributed by atoms with Gasteiger partial charge >= 0.3 is 5.97 Å². The number of piperidine rings is 1. The molecule has 140 valence electrons. The first-order valence-electron chi connectivity index (χ1n) is 8.41. The Bertz CT molecular complexity index is 602. The predicted molar refractivity (Wildman–Crippen MR) is 108 cm³/mol. The zero-order valence-corrected chi connectivity index (χ0v) is 17.4. The number of guanidine groups is 1. The van der Waals surface area contributed by atoms with Crippen LogP contribution in [0.3, 0.4) is 0 Å². The second kappa shape index (κ2) is 10.6. The summed E-state index contributed by atoms with van der Waals surface area (Å²) in [6, 6.07) is 5.20. The van der Waals surface area contributed by atoms with Gasteiger partial charge in [-0.05, 0) is 43.9 Å². The summed E-state index contributed by atoms with van der Waals surface area (Å²) in [5, 5.41) is 3.27. The van der Waals surface area contributed by atoms with Crippen LogP contribution in [-0.4, -0.2) is 43.6 Å². The number of likely N-dealkylation sites (tertiary alicyclic amines) is 1. The lowest BCUT2D eigenvalue weighted by atomic mass is 9.97. The molecule has 1 aromatic rings. The molecule has 0 aromatic heterocycles. The predicted octanol–water partition coefficient (Wildman–Crippen LogP) is 3.10. The van der Waals surface area contributed by atoms with Gasteiger partial charge in [0.05, 0.1) is 19.6 Å². The van der Waals surface area contributed by atoms with Crippen LogP contribution in [-0.2, 0) is 16.1 Å². The van der Waals surface area contributed by atoms with Crippen molar-refractivity contribution in [2.45, 2.75) is 33.2 Å². The first kappa shape index (κ1) is 21.7. The molecule has 1 aliphatic heterocycles. The van der Waals surface area contributed by atoms with Crippen molar-refractivity contribution in [2.24, 2.45) is 10.9 Å². The van der Waals surface area contributed by atoms with Crippen LogP contribution in [0.2, 0.25) is 0 Å². The second-order valence-electron chi connectivity index (χ2n) is 6.04. The van der Waals surface area contributed by atoms with Crippen molar-refractivity contribution in [3.05, 3.63) is 35.1 Å². The molecule has 0 atom stereocenters. The van der Waals surface area contributed by atoms with Crippen molar-refractivity contribution >= 4 is 35.9 Å². The zero-order valence-electron chi connectivity index (χ0n) is 15.0. The molecule has 0 unspecified atom stereocenters. The van der Waals surface area contributed by atoms with Gasteiger partial charge in [-0.25, -0.2) is 9.38 Å². The van der Waals surface area contributed by atoms with Gasteiger partial charge in [0, 0.05) is 19.6 Å². The highest BCUT2D eigenvalue weighted by molar-refractivity contribution is 14.0. The maximum absolute atomic E-state index is 13.6. The molecular formula is C18H27FIN3O2. The fourth-order valence-electron chi connectivity index (χ4n) is 2.82. The number of esters is 1. The third-order valence-corrected chi connectivity index (χ3v) is 4.31. The number of carbonyl (C=O) groups is 1. The molecule has 1 saturated heterocycles. The molecule has 0 spiro atoms. The van der Waals surface area contributed by atoms with Crippen molar-refractivity contribution < 1.29 is 13.9 Å². The molecule has 5 nitrogen and oxygen atoms in total. The molecule has 25 heavy (non-hydrogen) atoms. The third kappa shape index (κ3) is 6.13. The van der Waals surface area contributed by atoms with Crippen molar-refractivity contribution in [1.29, 1.82) is 0 Å². The number of nitrogens with zero attached hydrogens (tertiary/aromatic N) is 2. The zero-order chi connectivity index (χ0) is 17.5. The average molecular weight is 463 g/mol. The smallest absolute Gasteiger partial charge is 0.308 e. The Kier molecular flexibility index (Phi) is 9.16. The number of halogens is 2. The third-order valence-electron chi connectivity index (χ3n) is 4.31. The van der Waals surface area contributed by atoms with Gasteiger partial charge in [0.2, 0.25) is 0 Å². The minimum atomic E-state index is -0.202. The number of rotatable bonds is 4. The molecular weight excluding hydrogens is 436 g/mol. The average Bonchev–Trinajstić information content (AvgIpc) is 2.61. The van der Waals surface area contributed by atoms with E-state index in [9.17, 15) is 9.18 Å². The van der Waals surface area contributed by atoms with Crippen molar-refractivity contribution in [3.8, 4) is 0 Å². The van der Waals surface area contributed by atoms with Crippen LogP contribution >= 0.6 is 24.0 Å². The molecule has 1 fully saturated rings. The van der Waals surface area contributed by atoms with Gasteiger partial charge in [-0.1, -0.05) is 12.1 Å². The van der Waals surface area contributed by atoms with Gasteiger partial charge in [0.1, 0.15) is 5.82 Å². The summed E-state index contributed by atoms with van der Waals surface area (Å²) in [7, 11) is 1.43. The van der Waals surface area contributed by atoms with Crippen LogP contribution in [0.25, 0.3) is 0 Å². The number of hydrogen-bond donors (Lipinski definition) is 1. The number of methoxy groups -OCH3 is 1. The SMILES string of the molecule is CCNC(=NCc1ccc(C)c(F)c1)N1CCC(C(=O)OC)CC1.I. The lowest BCUT2D eigenvalue weighted by Gasteiger charge is -2.33. The maximum atomic E-state index is 13.6. The first-order chi connectivity index (χ1) is 11.5. The van der Waals surface area contributed by atoms with Crippen LogP contribution in [0.15, 0.2) is 23.2 Å². The molecule has 1 aliphatic rings. The summed E-state index contributed by atoms with van der Waals surface area (Å²) in [6.45, 7) is 6.47. The molecule has 1 heterocycles. The van der Waals surface area contributed by atoms with Crippen LogP contribution in [0.1, 0.15) is 30.9 Å². The maximum Gasteiger partial charge on any atom is 0.308 e. The lowest BCUT2D eigenvalue weighted by molar-refractivity contribution is -0.146. The van der Waals surface area contributed by atoms with E-state index in [-0.39, 0.29) is 41.7 Å². The minimum absolute atomic E-state index is 0. The van der Waals surface area contributed by atoms with Crippen LogP contribution < -0.4 is 5.32 Å². The van der Waals surface area contributed by atoms with Crippen LogP contribution in [0.5, 0.6) is 0 Å². The summed E-state index contributed by atoms with van der Waals surface area (Å²) < 4.78 is 18.5. The van der Waals surface area contributed by atoms with E-state index in [1.54, 1.807) is 13.0 Å². The number of nitrogens with one attached hydrogen (secondary N) is 1. The first-order valence-corrected chi connectivity index (χ1v) is 8.41. The number of aliphatic imine (C=N–C) groups is 1. The van der Waals surface area contributed by atoms with Gasteiger partial charge in [-0.15, -0.1) is 24.0 Å². The van der Waals surface area contributed by atoms with Crippen molar-refractivity contribution in [1.82, 2.24) is 10.2 Å². The normalized spacial score (nSPS) is 15.5. The monoisotopic (exact) mass is 463 g/mol. The summed E-state index contributed by atoms with van der Waals surface area (Å²) in [6.07, 6.45) is 1.52. The highest BCUT2D eigenvalue weighted by atomic mass is 127. The van der Waals surface area contributed by atoms with Gasteiger partial charge in [0.25, 0.3) is 0 Å². The van der Waals surface area contributed by atoms with E-state index in [0.29, 0.717) is 12.1 Å². The van der Waals surface area contributed by atoms with E-state index < -0.39 is 0 Å². The van der Waals surface area contributed by atoms with E-state index >= 15 is 0 Å². The molecule has 0 amide bonds. The number of aryl methyl sites for hydroxylation is 1. The molecule has 0 saturated carbocycles. The van der Waals surface area contributed by atoms with Crippen LogP contribution in [0, 0.1) is 18.7 Å². The molecule has 0 radical (unpaired) electrons. The lowest BCUT2D eigenvalue weighted by Crippen LogP contribution is -2.46. The Labute approximate surface area is 166 Å². The van der Waals surface area contributed by atoms with Gasteiger partial charge in [0.15, 0.2) is 5.96 Å². The second-order valence-corrected chi connectivity index (χ2v) is 6.04. The van der Waals surface area contributed by atoms with E-state index in [0.717, 1.165) is 44.0 Å². The highest BCUT2D eigenvalue weighted by Crippen LogP contribution is 2.19. The Balaban J connectivity index is 0.00000312. The standard InChI is InChI=1S/C18H26FN3O2.HI/c1-4-20-18(21-12-14-6-5-13(2)16(19)11-14)22-9-7-15(8-10-22)17(23)24-3;/h5-6,11,15H,4,7-10,12H2,1-3H3,(H,20,21);1H. The summed E-state index contributed by atoms with van der Waals surface area (Å²) in [5.74, 6) is 0.445. The molecule has 7 heteroatoms. The van der Waals surface area contributed by atoms with Crippen LogP contribution in [0.4, 0.5) is 4.39 Å². The molecule has 1 N–H and O–H groups in total. The number of carbonyl (C=O) groups excluding carboxylic acids is 1. The quantitative estimate of drug-likeness (QED) is 0.323. The Morgan fingerprint density at radius 2 is 2.08 bits per heavy atom. The fourth-order valence-corrected chi connectivity index (χ4v) is 2.82. The number of hydrogen-bond acceptors (Lipinski definition) is 3. The van der Waals surface area contributed by atoms with E-state index in [1.807, 2.05) is 13.0 Å². The van der Waals surface area contributed by atoms with Gasteiger partial charge < -0.3 is 15.0 Å². The van der Waals surface area contributed by atoms with Gasteiger partial charge in [-0.2, -0.15) is 0 Å². The molecule has 0 aliphatic carbocycles. The van der Waals surface area contributed by atoms with E-state index in [2.05, 4.69) is 15.2 Å².